The number of rotatable bonds is 5. The van der Waals surface area contributed by atoms with Gasteiger partial charge in [0.05, 0.1) is 20.9 Å². The molecule has 1 saturated heterocycles. The summed E-state index contributed by atoms with van der Waals surface area (Å²) in [5.74, 6) is -1.24. The van der Waals surface area contributed by atoms with Crippen molar-refractivity contribution in [3.05, 3.63) is 26.9 Å². The first-order chi connectivity index (χ1) is 11.4. The van der Waals surface area contributed by atoms with Gasteiger partial charge in [0.1, 0.15) is 6.54 Å². The Morgan fingerprint density at radius 1 is 1.29 bits per heavy atom. The van der Waals surface area contributed by atoms with Crippen LogP contribution in [-0.2, 0) is 14.4 Å². The molecule has 0 unspecified atom stereocenters. The van der Waals surface area contributed by atoms with E-state index >= 15 is 0 Å². The first-order valence-electron chi connectivity index (χ1n) is 6.76. The van der Waals surface area contributed by atoms with Gasteiger partial charge in [-0.15, -0.1) is 22.7 Å². The molecule has 2 aromatic rings. The fourth-order valence-electron chi connectivity index (χ4n) is 2.10. The van der Waals surface area contributed by atoms with Crippen LogP contribution in [-0.4, -0.2) is 39.1 Å². The quantitative estimate of drug-likeness (QED) is 0.489. The first-order valence-corrected chi connectivity index (χ1v) is 8.52. The van der Waals surface area contributed by atoms with Crippen LogP contribution in [0.4, 0.5) is 10.8 Å². The molecule has 0 bridgehead atoms. The van der Waals surface area contributed by atoms with E-state index in [-0.39, 0.29) is 36.9 Å². The van der Waals surface area contributed by atoms with E-state index in [1.165, 1.54) is 22.8 Å². The van der Waals surface area contributed by atoms with Crippen LogP contribution in [0.5, 0.6) is 0 Å². The summed E-state index contributed by atoms with van der Waals surface area (Å²) in [5.41, 5.74) is 0.501. The number of carbonyl (C=O) groups is 3. The molecule has 3 amide bonds. The SMILES string of the molecule is O=C(CN1C(=O)CCC1=O)Nc1nc(-c2cc([N+](=O)[O-])cs2)cs1. The van der Waals surface area contributed by atoms with Gasteiger partial charge in [0.2, 0.25) is 17.7 Å². The van der Waals surface area contributed by atoms with Gasteiger partial charge in [-0.1, -0.05) is 0 Å². The van der Waals surface area contributed by atoms with Gasteiger partial charge in [0, 0.05) is 24.3 Å². The van der Waals surface area contributed by atoms with Crippen LogP contribution in [0.25, 0.3) is 10.6 Å². The zero-order chi connectivity index (χ0) is 17.3. The van der Waals surface area contributed by atoms with E-state index in [2.05, 4.69) is 10.3 Å². The Labute approximate surface area is 143 Å². The molecule has 1 fully saturated rings. The smallest absolute Gasteiger partial charge is 0.280 e. The number of amides is 3. The topological polar surface area (TPSA) is 123 Å². The number of nitrogens with zero attached hydrogens (tertiary/aromatic N) is 3. The predicted octanol–water partition coefficient (Wildman–Crippen LogP) is 1.87. The number of carbonyl (C=O) groups excluding carboxylic acids is 3. The number of imide groups is 1. The Morgan fingerprint density at radius 3 is 2.62 bits per heavy atom. The van der Waals surface area contributed by atoms with Crippen LogP contribution in [0.3, 0.4) is 0 Å². The van der Waals surface area contributed by atoms with E-state index in [0.29, 0.717) is 15.7 Å². The summed E-state index contributed by atoms with van der Waals surface area (Å²) < 4.78 is 0. The van der Waals surface area contributed by atoms with Crippen molar-refractivity contribution in [2.24, 2.45) is 0 Å². The van der Waals surface area contributed by atoms with E-state index in [9.17, 15) is 24.5 Å². The summed E-state index contributed by atoms with van der Waals surface area (Å²) in [7, 11) is 0. The second-order valence-corrected chi connectivity index (χ2v) is 6.66. The van der Waals surface area contributed by atoms with Gasteiger partial charge in [-0.2, -0.15) is 0 Å². The Kier molecular flexibility index (Phi) is 4.36. The number of nitrogens with one attached hydrogen (secondary N) is 1. The molecule has 1 N–H and O–H groups in total. The van der Waals surface area contributed by atoms with E-state index < -0.39 is 10.8 Å². The Morgan fingerprint density at radius 2 is 2.00 bits per heavy atom. The number of likely N-dealkylation sites (tertiary alicyclic amines) is 1. The van der Waals surface area contributed by atoms with Crippen LogP contribution in [0.1, 0.15) is 12.8 Å². The van der Waals surface area contributed by atoms with Crippen LogP contribution in [0.2, 0.25) is 0 Å². The molecule has 3 heterocycles. The molecule has 1 aliphatic heterocycles. The number of hydrogen-bond acceptors (Lipinski definition) is 8. The van der Waals surface area contributed by atoms with Gasteiger partial charge in [0.25, 0.3) is 5.69 Å². The lowest BCUT2D eigenvalue weighted by Crippen LogP contribution is -2.36. The van der Waals surface area contributed by atoms with Crippen LogP contribution in [0.15, 0.2) is 16.8 Å². The normalized spacial score (nSPS) is 14.2. The third kappa shape index (κ3) is 3.31. The molecular formula is C13H10N4O5S2. The summed E-state index contributed by atoms with van der Waals surface area (Å²) in [6, 6.07) is 1.41. The molecule has 0 spiro atoms. The summed E-state index contributed by atoms with van der Waals surface area (Å²) >= 11 is 2.34. The summed E-state index contributed by atoms with van der Waals surface area (Å²) in [6.07, 6.45) is 0.259. The number of thiophene rings is 1. The number of nitro groups is 1. The van der Waals surface area contributed by atoms with Gasteiger partial charge in [-0.05, 0) is 0 Å². The lowest BCUT2D eigenvalue weighted by Gasteiger charge is -2.12. The van der Waals surface area contributed by atoms with Crippen molar-refractivity contribution < 1.29 is 19.3 Å². The minimum atomic E-state index is -0.517. The highest BCUT2D eigenvalue weighted by molar-refractivity contribution is 7.16. The minimum absolute atomic E-state index is 0.0142. The average molecular weight is 366 g/mol. The molecule has 0 radical (unpaired) electrons. The molecule has 0 atom stereocenters. The second kappa shape index (κ2) is 6.45. The molecule has 0 saturated carbocycles. The summed E-state index contributed by atoms with van der Waals surface area (Å²) in [4.78, 5) is 50.8. The zero-order valence-corrected chi connectivity index (χ0v) is 13.7. The average Bonchev–Trinajstić information content (AvgIpc) is 3.23. The van der Waals surface area contributed by atoms with Crippen LogP contribution < -0.4 is 5.32 Å². The minimum Gasteiger partial charge on any atom is -0.300 e. The van der Waals surface area contributed by atoms with Crippen molar-refractivity contribution >= 4 is 51.2 Å². The lowest BCUT2D eigenvalue weighted by molar-refractivity contribution is -0.384. The number of hydrogen-bond donors (Lipinski definition) is 1. The number of aromatic nitrogens is 1. The highest BCUT2D eigenvalue weighted by atomic mass is 32.1. The van der Waals surface area contributed by atoms with E-state index in [4.69, 9.17) is 0 Å². The van der Waals surface area contributed by atoms with Gasteiger partial charge < -0.3 is 5.32 Å². The Hall–Kier alpha value is -2.66. The molecule has 24 heavy (non-hydrogen) atoms. The standard InChI is InChI=1S/C13H10N4O5S2/c18-10(4-16-11(19)1-2-12(16)20)15-13-14-8(6-24-13)9-3-7(5-23-9)17(21)22/h3,5-6H,1-2,4H2,(H,14,15,18). The molecule has 11 heteroatoms. The predicted molar refractivity (Wildman–Crippen MR) is 86.7 cm³/mol. The fourth-order valence-corrected chi connectivity index (χ4v) is 3.72. The monoisotopic (exact) mass is 366 g/mol. The Bertz CT molecular complexity index is 827. The van der Waals surface area contributed by atoms with E-state index in [1.807, 2.05) is 0 Å². The maximum Gasteiger partial charge on any atom is 0.280 e. The third-order valence-electron chi connectivity index (χ3n) is 3.26. The molecule has 1 aliphatic rings. The zero-order valence-electron chi connectivity index (χ0n) is 12.1. The van der Waals surface area contributed by atoms with Crippen molar-refractivity contribution in [1.29, 1.82) is 0 Å². The van der Waals surface area contributed by atoms with Gasteiger partial charge in [0.15, 0.2) is 5.13 Å². The highest BCUT2D eigenvalue weighted by Gasteiger charge is 2.30. The third-order valence-corrected chi connectivity index (χ3v) is 4.95. The Balaban J connectivity index is 1.65. The van der Waals surface area contributed by atoms with E-state index in [1.54, 1.807) is 5.38 Å². The number of anilines is 1. The maximum absolute atomic E-state index is 11.9. The van der Waals surface area contributed by atoms with Gasteiger partial charge >= 0.3 is 0 Å². The molecular weight excluding hydrogens is 356 g/mol. The summed E-state index contributed by atoms with van der Waals surface area (Å²) in [6.45, 7) is -0.336. The molecule has 3 rings (SSSR count). The van der Waals surface area contributed by atoms with Crippen molar-refractivity contribution in [3.63, 3.8) is 0 Å². The number of thiazole rings is 1. The lowest BCUT2D eigenvalue weighted by atomic mass is 10.4. The van der Waals surface area contributed by atoms with Crippen molar-refractivity contribution in [3.8, 4) is 10.6 Å². The van der Waals surface area contributed by atoms with Crippen molar-refractivity contribution in [2.75, 3.05) is 11.9 Å². The fraction of sp³-hybridized carbons (Fsp3) is 0.231. The largest absolute Gasteiger partial charge is 0.300 e. The van der Waals surface area contributed by atoms with Crippen molar-refractivity contribution in [1.82, 2.24) is 9.88 Å². The first kappa shape index (κ1) is 16.2. The molecule has 0 aromatic carbocycles. The molecule has 2 aromatic heterocycles. The van der Waals surface area contributed by atoms with Crippen LogP contribution in [0, 0.1) is 10.1 Å². The second-order valence-electron chi connectivity index (χ2n) is 4.89. The maximum atomic E-state index is 11.9. The highest BCUT2D eigenvalue weighted by Crippen LogP contribution is 2.32. The van der Waals surface area contributed by atoms with Gasteiger partial charge in [-0.25, -0.2) is 4.98 Å². The molecule has 124 valence electrons. The molecule has 9 nitrogen and oxygen atoms in total. The van der Waals surface area contributed by atoms with Gasteiger partial charge in [-0.3, -0.25) is 29.4 Å². The van der Waals surface area contributed by atoms with Crippen molar-refractivity contribution in [2.45, 2.75) is 12.8 Å². The summed E-state index contributed by atoms with van der Waals surface area (Å²) in [5, 5.41) is 16.6. The molecule has 0 aliphatic carbocycles. The van der Waals surface area contributed by atoms with E-state index in [0.717, 1.165) is 16.2 Å². The van der Waals surface area contributed by atoms with Crippen LogP contribution >= 0.6 is 22.7 Å².